The van der Waals surface area contributed by atoms with E-state index in [0.717, 1.165) is 40.0 Å². The van der Waals surface area contributed by atoms with Crippen molar-refractivity contribution in [1.29, 1.82) is 0 Å². The Morgan fingerprint density at radius 2 is 1.41 bits per heavy atom. The molecule has 0 amide bonds. The Balaban J connectivity index is 1.65. The van der Waals surface area contributed by atoms with E-state index in [4.69, 9.17) is 43.3 Å². The second kappa shape index (κ2) is 7.28. The van der Waals surface area contributed by atoms with Crippen molar-refractivity contribution in [1.82, 2.24) is 34.5 Å². The van der Waals surface area contributed by atoms with Gasteiger partial charge in [0.25, 0.3) is 11.9 Å². The molecule has 1 unspecified atom stereocenters. The number of aromatic nitrogens is 7. The van der Waals surface area contributed by atoms with Gasteiger partial charge in [0.1, 0.15) is 5.82 Å². The van der Waals surface area contributed by atoms with Crippen molar-refractivity contribution in [3.05, 3.63) is 68.7 Å². The van der Waals surface area contributed by atoms with Crippen LogP contribution in [0.2, 0.25) is 10.0 Å². The first-order valence-corrected chi connectivity index (χ1v) is 11.6. The summed E-state index contributed by atoms with van der Waals surface area (Å²) < 4.78 is 3.51. The van der Waals surface area contributed by atoms with Gasteiger partial charge in [0.15, 0.2) is 5.82 Å². The first-order chi connectivity index (χ1) is 16.2. The first kappa shape index (κ1) is 21.1. The second-order valence-corrected chi connectivity index (χ2v) is 9.43. The van der Waals surface area contributed by atoms with Crippen molar-refractivity contribution < 1.29 is 0 Å². The third-order valence-corrected chi connectivity index (χ3v) is 6.90. The van der Waals surface area contributed by atoms with Gasteiger partial charge >= 0.3 is 0 Å². The number of fused-ring (bicyclic) bond motifs is 7. The number of nitrogens with zero attached hydrogens (tertiary/aromatic N) is 9. The van der Waals surface area contributed by atoms with Crippen LogP contribution in [-0.2, 0) is 0 Å². The standard InChI is InChI=1S/C23H21Cl2N9/c1-11-6-13(3)33(29-11)22-26-20-10-21-31(5)18-8-15(24)16(25)9-19(18)32(21)14(4)17-7-12(2)30-34(17)23(27-20)28-22/h6-10,14H,1-5H3. The predicted octanol–water partition coefficient (Wildman–Crippen LogP) is 4.80. The number of rotatable bonds is 1. The molecule has 4 aromatic rings. The van der Waals surface area contributed by atoms with Gasteiger partial charge in [-0.25, -0.2) is 9.36 Å². The number of anilines is 2. The molecule has 0 saturated carbocycles. The van der Waals surface area contributed by atoms with E-state index in [1.54, 1.807) is 9.36 Å². The van der Waals surface area contributed by atoms with E-state index < -0.39 is 0 Å². The number of halogens is 2. The SMILES string of the molecule is Cc1cc(C)n(-c2nc3nc(n2)-n2nc(C)cc2C(C)N2C(=C3)N(C)c3cc(Cl)c(Cl)cc32)n1. The highest BCUT2D eigenvalue weighted by molar-refractivity contribution is 6.42. The van der Waals surface area contributed by atoms with Crippen LogP contribution in [0.3, 0.4) is 0 Å². The van der Waals surface area contributed by atoms with E-state index >= 15 is 0 Å². The van der Waals surface area contributed by atoms with Crippen LogP contribution in [0.5, 0.6) is 0 Å². The third-order valence-electron chi connectivity index (χ3n) is 6.18. The third kappa shape index (κ3) is 3.04. The maximum absolute atomic E-state index is 6.43. The quantitative estimate of drug-likeness (QED) is 0.376. The molecule has 2 aliphatic rings. The van der Waals surface area contributed by atoms with Crippen LogP contribution in [0.1, 0.15) is 41.6 Å². The van der Waals surface area contributed by atoms with Crippen LogP contribution in [0.4, 0.5) is 11.4 Å². The average molecular weight is 494 g/mol. The van der Waals surface area contributed by atoms with E-state index in [9.17, 15) is 0 Å². The van der Waals surface area contributed by atoms with Gasteiger partial charge in [-0.1, -0.05) is 23.2 Å². The highest BCUT2D eigenvalue weighted by Gasteiger charge is 2.36. The van der Waals surface area contributed by atoms with Crippen molar-refractivity contribution in [2.75, 3.05) is 16.8 Å². The van der Waals surface area contributed by atoms with E-state index in [0.29, 0.717) is 27.8 Å². The fraction of sp³-hybridized carbons (Fsp3) is 0.261. The largest absolute Gasteiger partial charge is 0.329 e. The zero-order chi connectivity index (χ0) is 23.9. The molecule has 0 N–H and O–H groups in total. The molecule has 172 valence electrons. The minimum absolute atomic E-state index is 0.108. The summed E-state index contributed by atoms with van der Waals surface area (Å²) in [7, 11) is 1.99. The molecule has 1 atom stereocenters. The van der Waals surface area contributed by atoms with Crippen LogP contribution in [-0.4, -0.2) is 41.6 Å². The summed E-state index contributed by atoms with van der Waals surface area (Å²) in [6, 6.07) is 7.71. The molecule has 11 heteroatoms. The molecule has 2 aliphatic heterocycles. The lowest BCUT2D eigenvalue weighted by molar-refractivity contribution is 0.652. The lowest BCUT2D eigenvalue weighted by atomic mass is 10.1. The molecular weight excluding hydrogens is 473 g/mol. The first-order valence-electron chi connectivity index (χ1n) is 10.8. The van der Waals surface area contributed by atoms with E-state index in [2.05, 4.69) is 27.9 Å². The minimum Gasteiger partial charge on any atom is -0.329 e. The summed E-state index contributed by atoms with van der Waals surface area (Å²) in [4.78, 5) is 18.5. The summed E-state index contributed by atoms with van der Waals surface area (Å²) in [5, 5.41) is 10.3. The lowest BCUT2D eigenvalue weighted by Crippen LogP contribution is -2.29. The Labute approximate surface area is 206 Å². The maximum Gasteiger partial charge on any atom is 0.256 e. The molecule has 0 radical (unpaired) electrons. The van der Waals surface area contributed by atoms with Crippen LogP contribution in [0.15, 0.2) is 30.1 Å². The molecule has 9 nitrogen and oxygen atoms in total. The summed E-state index contributed by atoms with van der Waals surface area (Å²) in [6.07, 6.45) is 1.94. The van der Waals surface area contributed by atoms with E-state index in [1.165, 1.54) is 0 Å². The molecule has 1 aromatic carbocycles. The molecule has 3 aromatic heterocycles. The Bertz CT molecular complexity index is 1520. The van der Waals surface area contributed by atoms with E-state index in [1.807, 2.05) is 52.1 Å². The van der Waals surface area contributed by atoms with Gasteiger partial charge in [-0.3, -0.25) is 0 Å². The van der Waals surface area contributed by atoms with Gasteiger partial charge in [0.05, 0.1) is 44.5 Å². The van der Waals surface area contributed by atoms with Gasteiger partial charge in [-0.15, -0.1) is 0 Å². The number of benzene rings is 1. The average Bonchev–Trinajstić information content (AvgIpc) is 3.42. The van der Waals surface area contributed by atoms with Crippen molar-refractivity contribution in [3.63, 3.8) is 0 Å². The van der Waals surface area contributed by atoms with Crippen LogP contribution < -0.4 is 9.80 Å². The Hall–Kier alpha value is -3.43. The zero-order valence-electron chi connectivity index (χ0n) is 19.2. The molecule has 0 fully saturated rings. The Morgan fingerprint density at radius 1 is 0.794 bits per heavy atom. The van der Waals surface area contributed by atoms with Crippen molar-refractivity contribution in [3.8, 4) is 11.9 Å². The molecule has 0 saturated heterocycles. The Morgan fingerprint density at radius 3 is 2.09 bits per heavy atom. The molecular formula is C23H21Cl2N9. The van der Waals surface area contributed by atoms with Gasteiger partial charge in [0, 0.05) is 18.8 Å². The fourth-order valence-electron chi connectivity index (χ4n) is 4.65. The topological polar surface area (TPSA) is 80.8 Å². The molecule has 6 rings (SSSR count). The minimum atomic E-state index is -0.108. The zero-order valence-corrected chi connectivity index (χ0v) is 20.8. The lowest BCUT2D eigenvalue weighted by Gasteiger charge is -2.28. The summed E-state index contributed by atoms with van der Waals surface area (Å²) in [5.74, 6) is 2.27. The monoisotopic (exact) mass is 493 g/mol. The van der Waals surface area contributed by atoms with Crippen molar-refractivity contribution in [2.45, 2.75) is 33.7 Å². The summed E-state index contributed by atoms with van der Waals surface area (Å²) in [6.45, 7) is 8.00. The maximum atomic E-state index is 6.43. The molecule has 5 heterocycles. The molecule has 0 aliphatic carbocycles. The van der Waals surface area contributed by atoms with Crippen molar-refractivity contribution in [2.24, 2.45) is 0 Å². The Kier molecular flexibility index (Phi) is 4.53. The molecule has 2 bridgehead atoms. The number of hydrogen-bond donors (Lipinski definition) is 0. The normalized spacial score (nSPS) is 16.4. The van der Waals surface area contributed by atoms with E-state index in [-0.39, 0.29) is 6.04 Å². The highest BCUT2D eigenvalue weighted by Crippen LogP contribution is 2.49. The number of aryl methyl sites for hydroxylation is 3. The van der Waals surface area contributed by atoms with Gasteiger partial charge in [0.2, 0.25) is 0 Å². The van der Waals surface area contributed by atoms with Gasteiger partial charge in [-0.2, -0.15) is 25.1 Å². The molecule has 34 heavy (non-hydrogen) atoms. The van der Waals surface area contributed by atoms with Crippen LogP contribution >= 0.6 is 23.2 Å². The summed E-state index contributed by atoms with van der Waals surface area (Å²) in [5.41, 5.74) is 5.52. The summed E-state index contributed by atoms with van der Waals surface area (Å²) >= 11 is 12.8. The molecule has 0 spiro atoms. The van der Waals surface area contributed by atoms with Crippen LogP contribution in [0.25, 0.3) is 18.0 Å². The predicted molar refractivity (Wildman–Crippen MR) is 132 cm³/mol. The highest BCUT2D eigenvalue weighted by atomic mass is 35.5. The van der Waals surface area contributed by atoms with Gasteiger partial charge < -0.3 is 9.80 Å². The fourth-order valence-corrected chi connectivity index (χ4v) is 4.96. The van der Waals surface area contributed by atoms with Gasteiger partial charge in [-0.05, 0) is 52.0 Å². The smallest absolute Gasteiger partial charge is 0.256 e. The second-order valence-electron chi connectivity index (χ2n) is 8.62. The van der Waals surface area contributed by atoms with Crippen molar-refractivity contribution >= 4 is 40.7 Å². The van der Waals surface area contributed by atoms with Crippen LogP contribution in [0, 0.1) is 20.8 Å². The number of hydrogen-bond acceptors (Lipinski definition) is 7.